The third-order valence-corrected chi connectivity index (χ3v) is 3.71. The van der Waals surface area contributed by atoms with Gasteiger partial charge in [0.15, 0.2) is 5.82 Å². The van der Waals surface area contributed by atoms with Gasteiger partial charge in [-0.05, 0) is 30.2 Å². The predicted octanol–water partition coefficient (Wildman–Crippen LogP) is 3.45. The summed E-state index contributed by atoms with van der Waals surface area (Å²) >= 11 is 0. The number of nitrogens with zero attached hydrogens (tertiary/aromatic N) is 2. The van der Waals surface area contributed by atoms with Crippen molar-refractivity contribution in [3.8, 4) is 11.4 Å². The highest BCUT2D eigenvalue weighted by Gasteiger charge is 2.11. The molecule has 2 aromatic carbocycles. The first-order chi connectivity index (χ1) is 10.2. The second-order valence-electron chi connectivity index (χ2n) is 5.02. The largest absolute Gasteiger partial charge is 0.308 e. The maximum Gasteiger partial charge on any atom is 0.161 e. The zero-order valence-electron chi connectivity index (χ0n) is 12.2. The van der Waals surface area contributed by atoms with Crippen molar-refractivity contribution in [1.82, 2.24) is 9.97 Å². The third kappa shape index (κ3) is 2.45. The fraction of sp³-hybridized carbons (Fsp3) is 0.176. The molecule has 0 aliphatic carbocycles. The molecule has 0 spiro atoms. The molecule has 0 saturated heterocycles. The van der Waals surface area contributed by atoms with Crippen LogP contribution in [0.4, 0.5) is 5.82 Å². The van der Waals surface area contributed by atoms with Crippen molar-refractivity contribution in [2.45, 2.75) is 20.3 Å². The molecule has 0 unspecified atom stereocenters. The number of hydrogen-bond acceptors (Lipinski definition) is 4. The van der Waals surface area contributed by atoms with Gasteiger partial charge < -0.3 is 5.43 Å². The average molecular weight is 278 g/mol. The third-order valence-electron chi connectivity index (χ3n) is 3.71. The van der Waals surface area contributed by atoms with Gasteiger partial charge in [-0.3, -0.25) is 0 Å². The Balaban J connectivity index is 2.15. The summed E-state index contributed by atoms with van der Waals surface area (Å²) in [5.74, 6) is 6.99. The number of benzene rings is 2. The summed E-state index contributed by atoms with van der Waals surface area (Å²) in [6.07, 6.45) is 0.851. The van der Waals surface area contributed by atoms with E-state index in [4.69, 9.17) is 5.84 Å². The van der Waals surface area contributed by atoms with Gasteiger partial charge in [0.2, 0.25) is 0 Å². The summed E-state index contributed by atoms with van der Waals surface area (Å²) in [6, 6.07) is 14.5. The van der Waals surface area contributed by atoms with Gasteiger partial charge in [0.25, 0.3) is 0 Å². The van der Waals surface area contributed by atoms with Gasteiger partial charge in [-0.2, -0.15) is 0 Å². The molecule has 0 bridgehead atoms. The van der Waals surface area contributed by atoms with E-state index >= 15 is 0 Å². The summed E-state index contributed by atoms with van der Waals surface area (Å²) in [6.45, 7) is 4.06. The number of nitrogens with one attached hydrogen (secondary N) is 1. The molecule has 3 rings (SSSR count). The molecular formula is C17H18N4. The Bertz CT molecular complexity index is 796. The number of aromatic nitrogens is 2. The Hall–Kier alpha value is -2.46. The number of rotatable bonds is 3. The van der Waals surface area contributed by atoms with E-state index in [1.54, 1.807) is 0 Å². The maximum atomic E-state index is 5.59. The van der Waals surface area contributed by atoms with Crippen molar-refractivity contribution in [3.05, 3.63) is 53.7 Å². The van der Waals surface area contributed by atoms with E-state index in [0.29, 0.717) is 11.6 Å². The summed E-state index contributed by atoms with van der Waals surface area (Å²) in [5, 5.41) is 2.39. The fourth-order valence-corrected chi connectivity index (χ4v) is 2.60. The average Bonchev–Trinajstić information content (AvgIpc) is 2.53. The number of hydrogen-bond donors (Lipinski definition) is 2. The van der Waals surface area contributed by atoms with E-state index in [9.17, 15) is 0 Å². The molecule has 106 valence electrons. The summed E-state index contributed by atoms with van der Waals surface area (Å²) < 4.78 is 0. The van der Waals surface area contributed by atoms with E-state index in [1.807, 2.05) is 25.1 Å². The van der Waals surface area contributed by atoms with Gasteiger partial charge >= 0.3 is 0 Å². The number of anilines is 1. The zero-order chi connectivity index (χ0) is 14.8. The first kappa shape index (κ1) is 13.5. The van der Waals surface area contributed by atoms with Crippen molar-refractivity contribution in [1.29, 1.82) is 0 Å². The van der Waals surface area contributed by atoms with Gasteiger partial charge in [-0.1, -0.05) is 43.3 Å². The van der Waals surface area contributed by atoms with E-state index in [-0.39, 0.29) is 0 Å². The predicted molar refractivity (Wildman–Crippen MR) is 86.9 cm³/mol. The van der Waals surface area contributed by atoms with E-state index in [0.717, 1.165) is 23.2 Å². The Kier molecular flexibility index (Phi) is 3.54. The molecule has 4 heteroatoms. The number of nitrogens with two attached hydrogens (primary N) is 1. The van der Waals surface area contributed by atoms with Gasteiger partial charge in [-0.25, -0.2) is 15.8 Å². The van der Waals surface area contributed by atoms with Gasteiger partial charge in [0.05, 0.1) is 0 Å². The minimum absolute atomic E-state index is 0.698. The van der Waals surface area contributed by atoms with Crippen molar-refractivity contribution in [2.75, 3.05) is 5.43 Å². The summed E-state index contributed by atoms with van der Waals surface area (Å²) in [5.41, 5.74) is 5.70. The lowest BCUT2D eigenvalue weighted by Crippen LogP contribution is -2.13. The second-order valence-corrected chi connectivity index (χ2v) is 5.02. The van der Waals surface area contributed by atoms with Crippen LogP contribution < -0.4 is 11.3 Å². The lowest BCUT2D eigenvalue weighted by molar-refractivity contribution is 0.995. The molecule has 0 saturated carbocycles. The van der Waals surface area contributed by atoms with Gasteiger partial charge in [-0.15, -0.1) is 0 Å². The zero-order valence-corrected chi connectivity index (χ0v) is 12.2. The molecule has 1 heterocycles. The van der Waals surface area contributed by atoms with Crippen LogP contribution in [0.1, 0.15) is 18.2 Å². The van der Waals surface area contributed by atoms with Gasteiger partial charge in [0, 0.05) is 16.8 Å². The number of nitrogen functional groups attached to an aromatic ring is 1. The van der Waals surface area contributed by atoms with E-state index < -0.39 is 0 Å². The number of hydrazine groups is 1. The molecule has 21 heavy (non-hydrogen) atoms. The first-order valence-electron chi connectivity index (χ1n) is 7.06. The lowest BCUT2D eigenvalue weighted by Gasteiger charge is -2.11. The SMILES string of the molecule is CCc1c(C)nc(-c2ccc3ccccc3c2)nc1NN. The standard InChI is InChI=1S/C17H18N4/c1-3-15-11(2)19-16(20-17(15)21-18)14-9-8-12-6-4-5-7-13(12)10-14/h4-10H,3,18H2,1-2H3,(H,19,20,21). The minimum Gasteiger partial charge on any atom is -0.308 e. The monoisotopic (exact) mass is 278 g/mol. The Morgan fingerprint density at radius 3 is 2.52 bits per heavy atom. The van der Waals surface area contributed by atoms with Crippen LogP contribution in [0.25, 0.3) is 22.2 Å². The molecule has 3 aromatic rings. The van der Waals surface area contributed by atoms with Gasteiger partial charge in [0.1, 0.15) is 5.82 Å². The molecule has 0 aliphatic heterocycles. The fourth-order valence-electron chi connectivity index (χ4n) is 2.60. The van der Waals surface area contributed by atoms with Crippen LogP contribution in [0.2, 0.25) is 0 Å². The van der Waals surface area contributed by atoms with Crippen molar-refractivity contribution < 1.29 is 0 Å². The quantitative estimate of drug-likeness (QED) is 0.569. The van der Waals surface area contributed by atoms with E-state index in [2.05, 4.69) is 46.6 Å². The molecule has 3 N–H and O–H groups in total. The normalized spacial score (nSPS) is 10.8. The molecule has 0 aliphatic rings. The maximum absolute atomic E-state index is 5.59. The van der Waals surface area contributed by atoms with Crippen LogP contribution in [0.15, 0.2) is 42.5 Å². The molecule has 1 aromatic heterocycles. The molecular weight excluding hydrogens is 260 g/mol. The number of fused-ring (bicyclic) bond motifs is 1. The molecule has 0 atom stereocenters. The Morgan fingerprint density at radius 1 is 1.05 bits per heavy atom. The highest BCUT2D eigenvalue weighted by Crippen LogP contribution is 2.25. The minimum atomic E-state index is 0.698. The Labute approximate surface area is 124 Å². The molecule has 0 amide bonds. The molecule has 0 radical (unpaired) electrons. The summed E-state index contributed by atoms with van der Waals surface area (Å²) in [7, 11) is 0. The smallest absolute Gasteiger partial charge is 0.161 e. The van der Waals surface area contributed by atoms with Crippen LogP contribution in [-0.2, 0) is 6.42 Å². The molecule has 4 nitrogen and oxygen atoms in total. The van der Waals surface area contributed by atoms with Crippen LogP contribution >= 0.6 is 0 Å². The highest BCUT2D eigenvalue weighted by molar-refractivity contribution is 5.86. The topological polar surface area (TPSA) is 63.8 Å². The van der Waals surface area contributed by atoms with Crippen molar-refractivity contribution in [3.63, 3.8) is 0 Å². The van der Waals surface area contributed by atoms with Crippen LogP contribution in [0, 0.1) is 6.92 Å². The first-order valence-corrected chi connectivity index (χ1v) is 7.06. The number of aryl methyl sites for hydroxylation is 1. The van der Waals surface area contributed by atoms with Crippen LogP contribution in [0.5, 0.6) is 0 Å². The van der Waals surface area contributed by atoms with Crippen LogP contribution in [-0.4, -0.2) is 9.97 Å². The van der Waals surface area contributed by atoms with Crippen molar-refractivity contribution in [2.24, 2.45) is 5.84 Å². The summed E-state index contributed by atoms with van der Waals surface area (Å²) in [4.78, 5) is 9.18. The lowest BCUT2D eigenvalue weighted by atomic mass is 10.1. The van der Waals surface area contributed by atoms with E-state index in [1.165, 1.54) is 10.8 Å². The van der Waals surface area contributed by atoms with Crippen LogP contribution in [0.3, 0.4) is 0 Å². The van der Waals surface area contributed by atoms with Crippen molar-refractivity contribution >= 4 is 16.6 Å². The molecule has 0 fully saturated rings. The Morgan fingerprint density at radius 2 is 1.81 bits per heavy atom. The highest BCUT2D eigenvalue weighted by atomic mass is 15.3. The second kappa shape index (κ2) is 5.50.